The van der Waals surface area contributed by atoms with E-state index < -0.39 is 10.0 Å². The first-order valence-electron chi connectivity index (χ1n) is 9.86. The van der Waals surface area contributed by atoms with Crippen molar-refractivity contribution < 1.29 is 17.9 Å². The second-order valence-corrected chi connectivity index (χ2v) is 9.56. The van der Waals surface area contributed by atoms with Crippen molar-refractivity contribution >= 4 is 15.9 Å². The molecule has 1 heterocycles. The minimum absolute atomic E-state index is 0.148. The molecule has 0 aliphatic carbocycles. The Kier molecular flexibility index (Phi) is 6.72. The van der Waals surface area contributed by atoms with Crippen LogP contribution in [0.2, 0.25) is 0 Å². The van der Waals surface area contributed by atoms with Gasteiger partial charge in [-0.2, -0.15) is 4.31 Å². The zero-order valence-electron chi connectivity index (χ0n) is 17.0. The SMILES string of the molecule is C[C@@H]1CN(S(=O)(=O)c2ccc(C(=O)NC[C@@H](C)c3ccccc3)cc2)C[C@@H](C)O1. The normalized spacial score (nSPS) is 21.5. The molecule has 29 heavy (non-hydrogen) atoms. The van der Waals surface area contributed by atoms with Crippen LogP contribution in [0.3, 0.4) is 0 Å². The molecule has 3 rings (SSSR count). The van der Waals surface area contributed by atoms with Crippen LogP contribution in [0.1, 0.15) is 42.6 Å². The maximum Gasteiger partial charge on any atom is 0.251 e. The van der Waals surface area contributed by atoms with Crippen molar-refractivity contribution in [3.8, 4) is 0 Å². The molecular weight excluding hydrogens is 388 g/mol. The number of nitrogens with zero attached hydrogens (tertiary/aromatic N) is 1. The molecule has 0 unspecified atom stereocenters. The molecule has 0 radical (unpaired) electrons. The third-order valence-electron chi connectivity index (χ3n) is 5.08. The van der Waals surface area contributed by atoms with Crippen LogP contribution in [0.4, 0.5) is 0 Å². The average molecular weight is 417 g/mol. The molecule has 3 atom stereocenters. The average Bonchev–Trinajstić information content (AvgIpc) is 2.71. The summed E-state index contributed by atoms with van der Waals surface area (Å²) in [6, 6.07) is 16.1. The molecule has 2 aromatic carbocycles. The standard InChI is InChI=1S/C22H28N2O4S/c1-16(19-7-5-4-6-8-19)13-23-22(25)20-9-11-21(12-10-20)29(26,27)24-14-17(2)28-18(3)15-24/h4-12,16-18H,13-15H2,1-3H3,(H,23,25)/t16-,17-,18-/m1/s1. The summed E-state index contributed by atoms with van der Waals surface area (Å²) in [6.45, 7) is 6.94. The predicted molar refractivity (Wildman–Crippen MR) is 112 cm³/mol. The number of benzene rings is 2. The highest BCUT2D eigenvalue weighted by atomic mass is 32.2. The van der Waals surface area contributed by atoms with Crippen LogP contribution >= 0.6 is 0 Å². The minimum atomic E-state index is -3.61. The largest absolute Gasteiger partial charge is 0.373 e. The molecule has 0 bridgehead atoms. The summed E-state index contributed by atoms with van der Waals surface area (Å²) in [6.07, 6.45) is -0.296. The molecule has 1 N–H and O–H groups in total. The van der Waals surface area contributed by atoms with Crippen LogP contribution in [0.15, 0.2) is 59.5 Å². The van der Waals surface area contributed by atoms with Crippen molar-refractivity contribution in [1.29, 1.82) is 0 Å². The lowest BCUT2D eigenvalue weighted by Crippen LogP contribution is -2.48. The Labute approximate surface area is 172 Å². The lowest BCUT2D eigenvalue weighted by atomic mass is 10.0. The number of ether oxygens (including phenoxy) is 1. The predicted octanol–water partition coefficient (Wildman–Crippen LogP) is 3.02. The number of carbonyl (C=O) groups is 1. The van der Waals surface area contributed by atoms with Gasteiger partial charge in [-0.3, -0.25) is 4.79 Å². The van der Waals surface area contributed by atoms with E-state index in [1.54, 1.807) is 12.1 Å². The Balaban J connectivity index is 1.64. The molecule has 1 aliphatic heterocycles. The van der Waals surface area contributed by atoms with E-state index in [9.17, 15) is 13.2 Å². The summed E-state index contributed by atoms with van der Waals surface area (Å²) in [5.74, 6) is -0.0320. The first-order chi connectivity index (χ1) is 13.8. The van der Waals surface area contributed by atoms with Gasteiger partial charge in [0, 0.05) is 25.2 Å². The van der Waals surface area contributed by atoms with E-state index in [0.29, 0.717) is 25.2 Å². The van der Waals surface area contributed by atoms with E-state index in [-0.39, 0.29) is 28.9 Å². The lowest BCUT2D eigenvalue weighted by Gasteiger charge is -2.34. The van der Waals surface area contributed by atoms with Crippen molar-refractivity contribution in [1.82, 2.24) is 9.62 Å². The van der Waals surface area contributed by atoms with E-state index in [1.165, 1.54) is 16.4 Å². The molecule has 7 heteroatoms. The van der Waals surface area contributed by atoms with Crippen LogP contribution in [-0.4, -0.2) is 50.5 Å². The molecule has 156 valence electrons. The van der Waals surface area contributed by atoms with Crippen molar-refractivity contribution in [2.45, 2.75) is 43.8 Å². The van der Waals surface area contributed by atoms with Crippen molar-refractivity contribution in [2.24, 2.45) is 0 Å². The Hall–Kier alpha value is -2.22. The van der Waals surface area contributed by atoms with Gasteiger partial charge in [0.05, 0.1) is 17.1 Å². The monoisotopic (exact) mass is 416 g/mol. The molecule has 0 saturated carbocycles. The Morgan fingerprint density at radius 3 is 2.24 bits per heavy atom. The summed E-state index contributed by atoms with van der Waals surface area (Å²) in [7, 11) is -3.61. The molecule has 2 aromatic rings. The van der Waals surface area contributed by atoms with Crippen molar-refractivity contribution in [3.05, 3.63) is 65.7 Å². The topological polar surface area (TPSA) is 75.7 Å². The van der Waals surface area contributed by atoms with Crippen LogP contribution in [0.25, 0.3) is 0 Å². The smallest absolute Gasteiger partial charge is 0.251 e. The van der Waals surface area contributed by atoms with E-state index in [2.05, 4.69) is 12.2 Å². The third kappa shape index (κ3) is 5.23. The first-order valence-corrected chi connectivity index (χ1v) is 11.3. The van der Waals surface area contributed by atoms with E-state index in [4.69, 9.17) is 4.74 Å². The summed E-state index contributed by atoms with van der Waals surface area (Å²) >= 11 is 0. The number of amides is 1. The fourth-order valence-electron chi connectivity index (χ4n) is 3.50. The van der Waals surface area contributed by atoms with Gasteiger partial charge in [0.2, 0.25) is 10.0 Å². The minimum Gasteiger partial charge on any atom is -0.373 e. The molecular formula is C22H28N2O4S. The Morgan fingerprint density at radius 2 is 1.66 bits per heavy atom. The Bertz CT molecular complexity index is 919. The zero-order valence-corrected chi connectivity index (χ0v) is 17.9. The first kappa shape index (κ1) is 21.5. The maximum absolute atomic E-state index is 12.9. The van der Waals surface area contributed by atoms with Gasteiger partial charge in [-0.15, -0.1) is 0 Å². The van der Waals surface area contributed by atoms with Gasteiger partial charge >= 0.3 is 0 Å². The number of sulfonamides is 1. The van der Waals surface area contributed by atoms with E-state index in [1.807, 2.05) is 44.2 Å². The molecule has 1 aliphatic rings. The molecule has 0 spiro atoms. The molecule has 1 saturated heterocycles. The van der Waals surface area contributed by atoms with E-state index in [0.717, 1.165) is 5.56 Å². The number of carbonyl (C=O) groups excluding carboxylic acids is 1. The van der Waals surface area contributed by atoms with Crippen molar-refractivity contribution in [2.75, 3.05) is 19.6 Å². The number of rotatable bonds is 6. The fourth-order valence-corrected chi connectivity index (χ4v) is 5.09. The fraction of sp³-hybridized carbons (Fsp3) is 0.409. The number of hydrogen-bond acceptors (Lipinski definition) is 4. The lowest BCUT2D eigenvalue weighted by molar-refractivity contribution is -0.0440. The van der Waals surface area contributed by atoms with Crippen LogP contribution in [0, 0.1) is 0 Å². The van der Waals surface area contributed by atoms with Crippen LogP contribution in [-0.2, 0) is 14.8 Å². The summed E-state index contributed by atoms with van der Waals surface area (Å²) in [5, 5.41) is 2.92. The van der Waals surface area contributed by atoms with Gasteiger partial charge in [-0.1, -0.05) is 37.3 Å². The molecule has 1 fully saturated rings. The highest BCUT2D eigenvalue weighted by Crippen LogP contribution is 2.21. The summed E-state index contributed by atoms with van der Waals surface area (Å²) in [4.78, 5) is 12.6. The van der Waals surface area contributed by atoms with Gasteiger partial charge in [-0.25, -0.2) is 8.42 Å². The van der Waals surface area contributed by atoms with Crippen LogP contribution in [0.5, 0.6) is 0 Å². The van der Waals surface area contributed by atoms with Gasteiger partial charge < -0.3 is 10.1 Å². The van der Waals surface area contributed by atoms with Gasteiger partial charge in [0.1, 0.15) is 0 Å². The van der Waals surface area contributed by atoms with Crippen molar-refractivity contribution in [3.63, 3.8) is 0 Å². The molecule has 0 aromatic heterocycles. The third-order valence-corrected chi connectivity index (χ3v) is 6.92. The zero-order chi connectivity index (χ0) is 21.0. The van der Waals surface area contributed by atoms with Gasteiger partial charge in [0.25, 0.3) is 5.91 Å². The maximum atomic E-state index is 12.9. The highest BCUT2D eigenvalue weighted by molar-refractivity contribution is 7.89. The molecule has 1 amide bonds. The molecule has 6 nitrogen and oxygen atoms in total. The number of morpholine rings is 1. The van der Waals surface area contributed by atoms with Gasteiger partial charge in [0.15, 0.2) is 0 Å². The second kappa shape index (κ2) is 9.07. The van der Waals surface area contributed by atoms with E-state index >= 15 is 0 Å². The summed E-state index contributed by atoms with van der Waals surface area (Å²) in [5.41, 5.74) is 1.59. The quantitative estimate of drug-likeness (QED) is 0.785. The Morgan fingerprint density at radius 1 is 1.07 bits per heavy atom. The second-order valence-electron chi connectivity index (χ2n) is 7.63. The number of nitrogens with one attached hydrogen (secondary N) is 1. The summed E-state index contributed by atoms with van der Waals surface area (Å²) < 4.78 is 32.9. The number of hydrogen-bond donors (Lipinski definition) is 1. The van der Waals surface area contributed by atoms with Crippen LogP contribution < -0.4 is 5.32 Å². The van der Waals surface area contributed by atoms with Gasteiger partial charge in [-0.05, 0) is 49.6 Å². The highest BCUT2D eigenvalue weighted by Gasteiger charge is 2.32.